The van der Waals surface area contributed by atoms with Gasteiger partial charge in [-0.3, -0.25) is 9.59 Å². The molecular weight excluding hydrogens is 252 g/mol. The first kappa shape index (κ1) is 16.2. The van der Waals surface area contributed by atoms with Crippen LogP contribution in [0.1, 0.15) is 39.2 Å². The maximum absolute atomic E-state index is 12.1. The Hall–Kier alpha value is -1.84. The molecule has 0 spiro atoms. The minimum atomic E-state index is -0.446. The van der Waals surface area contributed by atoms with Crippen molar-refractivity contribution in [2.75, 3.05) is 12.3 Å². The molecule has 0 fully saturated rings. The van der Waals surface area contributed by atoms with Crippen LogP contribution in [-0.2, 0) is 16.0 Å². The average molecular weight is 276 g/mol. The number of nitrogens with one attached hydrogen (secondary N) is 1. The minimum absolute atomic E-state index is 0.00537. The van der Waals surface area contributed by atoms with Crippen LogP contribution < -0.4 is 11.1 Å². The van der Waals surface area contributed by atoms with Gasteiger partial charge in [-0.05, 0) is 37.5 Å². The van der Waals surface area contributed by atoms with Crippen molar-refractivity contribution in [3.05, 3.63) is 29.8 Å². The molecule has 0 aliphatic carbocycles. The third-order valence-corrected chi connectivity index (χ3v) is 3.40. The number of nitrogen functional groups attached to an aromatic ring is 1. The number of benzene rings is 1. The van der Waals surface area contributed by atoms with E-state index in [2.05, 4.69) is 5.32 Å². The lowest BCUT2D eigenvalue weighted by molar-refractivity contribution is -0.129. The third kappa shape index (κ3) is 5.43. The predicted molar refractivity (Wildman–Crippen MR) is 81.3 cm³/mol. The van der Waals surface area contributed by atoms with Gasteiger partial charge in [0.05, 0.1) is 0 Å². The van der Waals surface area contributed by atoms with Crippen LogP contribution in [0.4, 0.5) is 5.69 Å². The van der Waals surface area contributed by atoms with E-state index in [1.807, 2.05) is 38.1 Å². The Kier molecular flexibility index (Phi) is 5.74. The normalized spacial score (nSPS) is 11.2. The van der Waals surface area contributed by atoms with Gasteiger partial charge in [-0.1, -0.05) is 26.0 Å². The van der Waals surface area contributed by atoms with Gasteiger partial charge in [0, 0.05) is 24.1 Å². The molecule has 0 bridgehead atoms. The van der Waals surface area contributed by atoms with Crippen molar-refractivity contribution in [3.8, 4) is 0 Å². The second kappa shape index (κ2) is 7.08. The Morgan fingerprint density at radius 2 is 1.80 bits per heavy atom. The van der Waals surface area contributed by atoms with Gasteiger partial charge in [0.1, 0.15) is 5.78 Å². The molecule has 0 saturated heterocycles. The molecule has 0 aromatic heterocycles. The molecule has 1 aromatic carbocycles. The van der Waals surface area contributed by atoms with Gasteiger partial charge < -0.3 is 11.1 Å². The van der Waals surface area contributed by atoms with E-state index in [1.165, 1.54) is 12.5 Å². The summed E-state index contributed by atoms with van der Waals surface area (Å²) in [6.07, 6.45) is 1.97. The van der Waals surface area contributed by atoms with Gasteiger partial charge >= 0.3 is 0 Å². The summed E-state index contributed by atoms with van der Waals surface area (Å²) in [6.45, 7) is 5.79. The molecular formula is C16H24N2O2. The highest BCUT2D eigenvalue weighted by Crippen LogP contribution is 2.23. The zero-order chi connectivity index (χ0) is 15.2. The molecule has 0 saturated carbocycles. The van der Waals surface area contributed by atoms with Crippen molar-refractivity contribution in [1.82, 2.24) is 5.32 Å². The van der Waals surface area contributed by atoms with Crippen molar-refractivity contribution in [1.29, 1.82) is 0 Å². The average Bonchev–Trinajstić information content (AvgIpc) is 2.37. The standard InChI is InChI=1S/C16H24N2O2/c1-12(19)9-11-18-15(20)16(2,3)10-8-13-4-6-14(17)7-5-13/h4-7H,8-11,17H2,1-3H3,(H,18,20). The van der Waals surface area contributed by atoms with E-state index in [4.69, 9.17) is 5.73 Å². The zero-order valence-corrected chi connectivity index (χ0v) is 12.5. The summed E-state index contributed by atoms with van der Waals surface area (Å²) < 4.78 is 0. The number of carbonyl (C=O) groups is 2. The Balaban J connectivity index is 2.45. The van der Waals surface area contributed by atoms with Gasteiger partial charge in [-0.2, -0.15) is 0 Å². The van der Waals surface area contributed by atoms with Gasteiger partial charge in [0.2, 0.25) is 5.91 Å². The van der Waals surface area contributed by atoms with Crippen LogP contribution >= 0.6 is 0 Å². The molecule has 20 heavy (non-hydrogen) atoms. The number of anilines is 1. The van der Waals surface area contributed by atoms with Gasteiger partial charge in [0.15, 0.2) is 0 Å². The molecule has 3 N–H and O–H groups in total. The molecule has 4 nitrogen and oxygen atoms in total. The van der Waals surface area contributed by atoms with Crippen LogP contribution in [0, 0.1) is 5.41 Å². The van der Waals surface area contributed by atoms with Crippen molar-refractivity contribution in [2.45, 2.75) is 40.0 Å². The Labute approximate surface area is 120 Å². The molecule has 0 aliphatic heterocycles. The van der Waals surface area contributed by atoms with Crippen molar-refractivity contribution in [2.24, 2.45) is 5.41 Å². The van der Waals surface area contributed by atoms with Crippen molar-refractivity contribution >= 4 is 17.4 Å². The largest absolute Gasteiger partial charge is 0.399 e. The van der Waals surface area contributed by atoms with E-state index in [9.17, 15) is 9.59 Å². The lowest BCUT2D eigenvalue weighted by Gasteiger charge is -2.23. The smallest absolute Gasteiger partial charge is 0.225 e. The molecule has 0 heterocycles. The van der Waals surface area contributed by atoms with E-state index in [-0.39, 0.29) is 11.7 Å². The number of amides is 1. The fourth-order valence-electron chi connectivity index (χ4n) is 1.85. The molecule has 0 radical (unpaired) electrons. The summed E-state index contributed by atoms with van der Waals surface area (Å²) >= 11 is 0. The van der Waals surface area contributed by atoms with Crippen LogP contribution in [0.2, 0.25) is 0 Å². The Morgan fingerprint density at radius 1 is 1.20 bits per heavy atom. The monoisotopic (exact) mass is 276 g/mol. The first-order valence-electron chi connectivity index (χ1n) is 6.93. The van der Waals surface area contributed by atoms with E-state index in [0.29, 0.717) is 13.0 Å². The molecule has 1 amide bonds. The minimum Gasteiger partial charge on any atom is -0.399 e. The number of hydrogen-bond donors (Lipinski definition) is 2. The summed E-state index contributed by atoms with van der Waals surface area (Å²) in [6, 6.07) is 7.71. The molecule has 4 heteroatoms. The number of nitrogens with two attached hydrogens (primary N) is 1. The molecule has 1 rings (SSSR count). The molecule has 0 atom stereocenters. The number of carbonyl (C=O) groups excluding carboxylic acids is 2. The Bertz CT molecular complexity index is 464. The van der Waals surface area contributed by atoms with Gasteiger partial charge in [0.25, 0.3) is 0 Å². The topological polar surface area (TPSA) is 72.2 Å². The summed E-state index contributed by atoms with van der Waals surface area (Å²) in [4.78, 5) is 22.9. The lowest BCUT2D eigenvalue weighted by atomic mass is 9.85. The van der Waals surface area contributed by atoms with E-state index >= 15 is 0 Å². The number of hydrogen-bond acceptors (Lipinski definition) is 3. The summed E-state index contributed by atoms with van der Waals surface area (Å²) in [5.74, 6) is 0.0826. The first-order valence-corrected chi connectivity index (χ1v) is 6.93. The predicted octanol–water partition coefficient (Wildman–Crippen LogP) is 2.32. The number of rotatable bonds is 7. The van der Waals surface area contributed by atoms with Crippen LogP contribution in [0.3, 0.4) is 0 Å². The van der Waals surface area contributed by atoms with Crippen molar-refractivity contribution in [3.63, 3.8) is 0 Å². The highest BCUT2D eigenvalue weighted by atomic mass is 16.2. The van der Waals surface area contributed by atoms with Crippen LogP contribution in [0.5, 0.6) is 0 Å². The van der Waals surface area contributed by atoms with Gasteiger partial charge in [-0.15, -0.1) is 0 Å². The summed E-state index contributed by atoms with van der Waals surface area (Å²) in [7, 11) is 0. The first-order chi connectivity index (χ1) is 9.31. The highest BCUT2D eigenvalue weighted by molar-refractivity contribution is 5.82. The van der Waals surface area contributed by atoms with E-state index in [0.717, 1.165) is 18.5 Å². The molecule has 110 valence electrons. The van der Waals surface area contributed by atoms with Gasteiger partial charge in [-0.25, -0.2) is 0 Å². The molecule has 1 aromatic rings. The second-order valence-corrected chi connectivity index (χ2v) is 5.83. The maximum atomic E-state index is 12.1. The maximum Gasteiger partial charge on any atom is 0.225 e. The van der Waals surface area contributed by atoms with Crippen LogP contribution in [0.25, 0.3) is 0 Å². The summed E-state index contributed by atoms with van der Waals surface area (Å²) in [5, 5.41) is 2.82. The Morgan fingerprint density at radius 3 is 2.35 bits per heavy atom. The second-order valence-electron chi connectivity index (χ2n) is 5.83. The molecule has 0 aliphatic rings. The van der Waals surface area contributed by atoms with Crippen LogP contribution in [-0.4, -0.2) is 18.2 Å². The molecule has 0 unspecified atom stereocenters. The SMILES string of the molecule is CC(=O)CCNC(=O)C(C)(C)CCc1ccc(N)cc1. The third-order valence-electron chi connectivity index (χ3n) is 3.40. The summed E-state index contributed by atoms with van der Waals surface area (Å²) in [5.41, 5.74) is 7.11. The fraction of sp³-hybridized carbons (Fsp3) is 0.500. The lowest BCUT2D eigenvalue weighted by Crippen LogP contribution is -2.38. The van der Waals surface area contributed by atoms with E-state index in [1.54, 1.807) is 0 Å². The highest BCUT2D eigenvalue weighted by Gasteiger charge is 2.26. The number of ketones is 1. The zero-order valence-electron chi connectivity index (χ0n) is 12.5. The van der Waals surface area contributed by atoms with E-state index < -0.39 is 5.41 Å². The number of aryl methyl sites for hydroxylation is 1. The number of Topliss-reactive ketones (excluding diaryl/α,β-unsaturated/α-hetero) is 1. The van der Waals surface area contributed by atoms with Crippen LogP contribution in [0.15, 0.2) is 24.3 Å². The fourth-order valence-corrected chi connectivity index (χ4v) is 1.85. The van der Waals surface area contributed by atoms with Crippen molar-refractivity contribution < 1.29 is 9.59 Å². The quantitative estimate of drug-likeness (QED) is 0.751.